The van der Waals surface area contributed by atoms with E-state index in [4.69, 9.17) is 0 Å². The number of aliphatic hydroxyl groups excluding tert-OH is 1. The molecule has 0 aromatic carbocycles. The number of aldehydes is 1. The molecule has 0 aromatic heterocycles. The van der Waals surface area contributed by atoms with Gasteiger partial charge in [0.05, 0.1) is 12.6 Å². The van der Waals surface area contributed by atoms with Crippen molar-refractivity contribution in [3.63, 3.8) is 0 Å². The predicted octanol–water partition coefficient (Wildman–Crippen LogP) is 6.92. The number of unbranched alkanes of at least 4 members (excludes halogenated alkanes) is 17. The lowest BCUT2D eigenvalue weighted by atomic mass is 10.1. The van der Waals surface area contributed by atoms with Crippen LogP contribution < -0.4 is 16.2 Å². The molecule has 0 radical (unpaired) electrons. The van der Waals surface area contributed by atoms with Gasteiger partial charge in [-0.25, -0.2) is 5.43 Å². The van der Waals surface area contributed by atoms with Gasteiger partial charge in [0.15, 0.2) is 0 Å². The van der Waals surface area contributed by atoms with Crippen molar-refractivity contribution in [3.8, 4) is 0 Å². The molecule has 0 aliphatic heterocycles. The Hall–Kier alpha value is -1.55. The molecule has 0 heterocycles. The highest BCUT2D eigenvalue weighted by atomic mass is 16.3. The lowest BCUT2D eigenvalue weighted by Crippen LogP contribution is -2.45. The fourth-order valence-corrected chi connectivity index (χ4v) is 5.95. The van der Waals surface area contributed by atoms with Crippen LogP contribution in [0.3, 0.4) is 0 Å². The monoisotopic (exact) mass is 668 g/mol. The number of aliphatic hydroxyl groups is 1. The first-order chi connectivity index (χ1) is 23.0. The Morgan fingerprint density at radius 3 is 1.34 bits per heavy atom. The van der Waals surface area contributed by atoms with Gasteiger partial charge < -0.3 is 25.0 Å². The quantitative estimate of drug-likeness (QED) is 0.0323. The first kappa shape index (κ1) is 45.5. The van der Waals surface area contributed by atoms with Crippen LogP contribution in [-0.2, 0) is 14.4 Å². The maximum atomic E-state index is 13.2. The smallest absolute Gasteiger partial charge is 0.222 e. The zero-order valence-electron chi connectivity index (χ0n) is 31.1. The molecule has 2 amide bonds. The van der Waals surface area contributed by atoms with E-state index in [2.05, 4.69) is 34.9 Å². The average molecular weight is 668 g/mol. The minimum atomic E-state index is -0.626. The van der Waals surface area contributed by atoms with Gasteiger partial charge >= 0.3 is 0 Å². The van der Waals surface area contributed by atoms with Gasteiger partial charge in [-0.1, -0.05) is 117 Å². The second-order valence-corrected chi connectivity index (χ2v) is 13.4. The normalized spacial score (nSPS) is 11.9. The standard InChI is InChI=1S/C38H77N5O4/c1-4-6-8-10-12-14-16-18-20-26-37(46)42(32-24-28-39-3)30-22-23-31-43(33-25-29-40-41-36(34-44)35-45)38(47)27-21-19-17-15-13-11-9-7-5-2/h34,36,39-41,45H,4-33,35H2,1-3H3/t36-/m0/s1. The number of hydrogen-bond donors (Lipinski definition) is 4. The molecular weight excluding hydrogens is 590 g/mol. The van der Waals surface area contributed by atoms with Gasteiger partial charge in [0.1, 0.15) is 6.29 Å². The van der Waals surface area contributed by atoms with Crippen molar-refractivity contribution in [1.29, 1.82) is 0 Å². The van der Waals surface area contributed by atoms with Crippen molar-refractivity contribution in [3.05, 3.63) is 0 Å². The number of amides is 2. The second-order valence-electron chi connectivity index (χ2n) is 13.4. The molecule has 0 saturated carbocycles. The molecule has 1 atom stereocenters. The van der Waals surface area contributed by atoms with E-state index >= 15 is 0 Å². The molecule has 9 nitrogen and oxygen atoms in total. The summed E-state index contributed by atoms with van der Waals surface area (Å²) in [6.45, 7) is 8.63. The molecule has 0 spiro atoms. The summed E-state index contributed by atoms with van der Waals surface area (Å²) in [6.07, 6.45) is 27.7. The number of nitrogens with zero attached hydrogens (tertiary/aromatic N) is 2. The molecule has 278 valence electrons. The van der Waals surface area contributed by atoms with E-state index in [0.717, 1.165) is 71.0 Å². The van der Waals surface area contributed by atoms with Crippen LogP contribution in [0.2, 0.25) is 0 Å². The minimum absolute atomic E-state index is 0.217. The SMILES string of the molecule is CCCCCCCCCCCC(=O)N(CCCCN(CCCNN[C@@H](C=O)CO)C(=O)CCCCCCCCCCC)CCCNC. The average Bonchev–Trinajstić information content (AvgIpc) is 3.08. The Kier molecular flexibility index (Phi) is 34.6. The van der Waals surface area contributed by atoms with Crippen LogP contribution >= 0.6 is 0 Å². The molecule has 0 aromatic rings. The number of carbonyl (C=O) groups is 3. The lowest BCUT2D eigenvalue weighted by Gasteiger charge is -2.25. The Labute approximate surface area is 290 Å². The largest absolute Gasteiger partial charge is 0.394 e. The molecule has 9 heteroatoms. The van der Waals surface area contributed by atoms with Crippen LogP contribution in [0.5, 0.6) is 0 Å². The van der Waals surface area contributed by atoms with Gasteiger partial charge in [0.25, 0.3) is 0 Å². The summed E-state index contributed by atoms with van der Waals surface area (Å²) in [5.74, 6) is 0.492. The van der Waals surface area contributed by atoms with Crippen molar-refractivity contribution in [2.24, 2.45) is 0 Å². The number of nitrogens with one attached hydrogen (secondary N) is 3. The maximum Gasteiger partial charge on any atom is 0.222 e. The van der Waals surface area contributed by atoms with E-state index in [0.29, 0.717) is 38.8 Å². The van der Waals surface area contributed by atoms with Crippen molar-refractivity contribution < 1.29 is 19.5 Å². The highest BCUT2D eigenvalue weighted by Gasteiger charge is 2.16. The molecule has 4 N–H and O–H groups in total. The van der Waals surface area contributed by atoms with Crippen LogP contribution in [-0.4, -0.2) is 92.0 Å². The summed E-state index contributed by atoms with van der Waals surface area (Å²) in [7, 11) is 1.95. The van der Waals surface area contributed by atoms with E-state index < -0.39 is 6.04 Å². The van der Waals surface area contributed by atoms with Gasteiger partial charge in [0.2, 0.25) is 11.8 Å². The topological polar surface area (TPSA) is 114 Å². The molecule has 0 saturated heterocycles. The Morgan fingerprint density at radius 1 is 0.574 bits per heavy atom. The number of carbonyl (C=O) groups excluding carboxylic acids is 3. The third-order valence-corrected chi connectivity index (χ3v) is 9.03. The van der Waals surface area contributed by atoms with E-state index in [-0.39, 0.29) is 18.4 Å². The van der Waals surface area contributed by atoms with E-state index in [1.807, 2.05) is 11.9 Å². The molecule has 0 rings (SSSR count). The first-order valence-electron chi connectivity index (χ1n) is 19.8. The maximum absolute atomic E-state index is 13.2. The summed E-state index contributed by atoms with van der Waals surface area (Å²) in [4.78, 5) is 41.3. The molecule has 0 aliphatic rings. The van der Waals surface area contributed by atoms with E-state index in [9.17, 15) is 19.5 Å². The van der Waals surface area contributed by atoms with E-state index in [1.165, 1.54) is 89.9 Å². The lowest BCUT2D eigenvalue weighted by molar-refractivity contribution is -0.133. The highest BCUT2D eigenvalue weighted by molar-refractivity contribution is 5.76. The number of rotatable bonds is 37. The highest BCUT2D eigenvalue weighted by Crippen LogP contribution is 2.14. The zero-order valence-corrected chi connectivity index (χ0v) is 31.1. The van der Waals surface area contributed by atoms with Gasteiger partial charge in [-0.05, 0) is 52.1 Å². The number of hydrazine groups is 1. The van der Waals surface area contributed by atoms with Gasteiger partial charge in [0, 0.05) is 45.6 Å². The van der Waals surface area contributed by atoms with Crippen molar-refractivity contribution in [1.82, 2.24) is 26.0 Å². The summed E-state index contributed by atoms with van der Waals surface area (Å²) in [5, 5.41) is 12.4. The molecule has 0 bridgehead atoms. The zero-order chi connectivity index (χ0) is 34.6. The van der Waals surface area contributed by atoms with Crippen LogP contribution in [0.25, 0.3) is 0 Å². The van der Waals surface area contributed by atoms with Gasteiger partial charge in [-0.15, -0.1) is 0 Å². The fraction of sp³-hybridized carbons (Fsp3) is 0.921. The summed E-state index contributed by atoms with van der Waals surface area (Å²) in [6, 6.07) is -0.626. The van der Waals surface area contributed by atoms with Crippen LogP contribution in [0.1, 0.15) is 168 Å². The van der Waals surface area contributed by atoms with Gasteiger partial charge in [-0.3, -0.25) is 15.0 Å². The van der Waals surface area contributed by atoms with Crippen molar-refractivity contribution in [2.75, 3.05) is 52.9 Å². The first-order valence-corrected chi connectivity index (χ1v) is 19.8. The fourth-order valence-electron chi connectivity index (χ4n) is 5.95. The second kappa shape index (κ2) is 35.7. The predicted molar refractivity (Wildman–Crippen MR) is 197 cm³/mol. The molecule has 0 unspecified atom stereocenters. The molecule has 0 fully saturated rings. The third-order valence-electron chi connectivity index (χ3n) is 9.03. The number of hydrogen-bond acceptors (Lipinski definition) is 7. The molecule has 0 aliphatic carbocycles. The van der Waals surface area contributed by atoms with Crippen molar-refractivity contribution >= 4 is 18.1 Å². The van der Waals surface area contributed by atoms with Crippen LogP contribution in [0.15, 0.2) is 0 Å². The van der Waals surface area contributed by atoms with E-state index in [1.54, 1.807) is 0 Å². The minimum Gasteiger partial charge on any atom is -0.394 e. The van der Waals surface area contributed by atoms with Crippen LogP contribution in [0, 0.1) is 0 Å². The molecular formula is C38H77N5O4. The Bertz CT molecular complexity index is 712. The molecule has 47 heavy (non-hydrogen) atoms. The summed E-state index contributed by atoms with van der Waals surface area (Å²) >= 11 is 0. The van der Waals surface area contributed by atoms with Crippen LogP contribution in [0.4, 0.5) is 0 Å². The summed E-state index contributed by atoms with van der Waals surface area (Å²) in [5.41, 5.74) is 5.80. The summed E-state index contributed by atoms with van der Waals surface area (Å²) < 4.78 is 0. The van der Waals surface area contributed by atoms with Gasteiger partial charge in [-0.2, -0.15) is 0 Å². The Balaban J connectivity index is 4.68. The Morgan fingerprint density at radius 2 is 0.957 bits per heavy atom. The van der Waals surface area contributed by atoms with Crippen molar-refractivity contribution in [2.45, 2.75) is 174 Å². The third kappa shape index (κ3) is 29.1.